The van der Waals surface area contributed by atoms with Gasteiger partial charge in [0.05, 0.1) is 11.1 Å². The van der Waals surface area contributed by atoms with Crippen LogP contribution >= 0.6 is 11.6 Å². The third kappa shape index (κ3) is 4.09. The van der Waals surface area contributed by atoms with E-state index in [-0.39, 0.29) is 24.7 Å². The Kier molecular flexibility index (Phi) is 5.28. The zero-order valence-corrected chi connectivity index (χ0v) is 13.9. The summed E-state index contributed by atoms with van der Waals surface area (Å²) in [6, 6.07) is 5.20. The number of hydrogen-bond acceptors (Lipinski definition) is 3. The summed E-state index contributed by atoms with van der Waals surface area (Å²) in [5.74, 6) is 0.865. The highest BCUT2D eigenvalue weighted by Crippen LogP contribution is 2.32. The summed E-state index contributed by atoms with van der Waals surface area (Å²) in [7, 11) is 0. The number of likely N-dealkylation sites (tertiary alicyclic amines) is 1. The maximum Gasteiger partial charge on any atom is 0.321 e. The Morgan fingerprint density at radius 3 is 2.78 bits per heavy atom. The van der Waals surface area contributed by atoms with Gasteiger partial charge in [-0.05, 0) is 50.3 Å². The highest BCUT2D eigenvalue weighted by atomic mass is 35.5. The van der Waals surface area contributed by atoms with Gasteiger partial charge >= 0.3 is 6.03 Å². The number of halogens is 1. The van der Waals surface area contributed by atoms with Gasteiger partial charge in [-0.3, -0.25) is 0 Å². The number of benzene rings is 1. The molecule has 1 aromatic carbocycles. The van der Waals surface area contributed by atoms with Crippen molar-refractivity contribution in [1.29, 1.82) is 0 Å². The summed E-state index contributed by atoms with van der Waals surface area (Å²) in [5.41, 5.74) is 0.659. The lowest BCUT2D eigenvalue weighted by Gasteiger charge is -2.18. The van der Waals surface area contributed by atoms with Crippen molar-refractivity contribution in [3.63, 3.8) is 0 Å². The Balaban J connectivity index is 1.58. The molecule has 0 bridgehead atoms. The number of nitrogens with zero attached hydrogens (tertiary/aromatic N) is 1. The molecular formula is C17H23ClN2O3. The van der Waals surface area contributed by atoms with Crippen LogP contribution in [0.25, 0.3) is 0 Å². The Morgan fingerprint density at radius 1 is 1.35 bits per heavy atom. The number of aliphatic hydroxyl groups excluding tert-OH is 1. The van der Waals surface area contributed by atoms with Gasteiger partial charge < -0.3 is 20.1 Å². The fourth-order valence-electron chi connectivity index (χ4n) is 3.23. The summed E-state index contributed by atoms with van der Waals surface area (Å²) in [6.07, 6.45) is 5.68. The SMILES string of the molecule is O=C(Nc1ccc(OC2CCCC2)c(Cl)c1)N1CCC(CO)C1. The zero-order valence-electron chi connectivity index (χ0n) is 13.1. The number of carbonyl (C=O) groups excluding carboxylic acids is 1. The maximum absolute atomic E-state index is 12.2. The summed E-state index contributed by atoms with van der Waals surface area (Å²) < 4.78 is 5.91. The summed E-state index contributed by atoms with van der Waals surface area (Å²) >= 11 is 6.27. The van der Waals surface area contributed by atoms with Crippen LogP contribution in [0.3, 0.4) is 0 Å². The molecule has 1 unspecified atom stereocenters. The lowest BCUT2D eigenvalue weighted by atomic mass is 10.1. The first-order valence-electron chi connectivity index (χ1n) is 8.28. The van der Waals surface area contributed by atoms with Crippen LogP contribution < -0.4 is 10.1 Å². The van der Waals surface area contributed by atoms with E-state index >= 15 is 0 Å². The van der Waals surface area contributed by atoms with Gasteiger partial charge in [0, 0.05) is 31.3 Å². The third-order valence-corrected chi connectivity index (χ3v) is 4.91. The second kappa shape index (κ2) is 7.41. The third-order valence-electron chi connectivity index (χ3n) is 4.61. The standard InChI is InChI=1S/C17H23ClN2O3/c18-15-9-13(5-6-16(15)23-14-3-1-2-4-14)19-17(22)20-8-7-12(10-20)11-21/h5-6,9,12,14,21H,1-4,7-8,10-11H2,(H,19,22). The van der Waals surface area contributed by atoms with Crippen LogP contribution in [0.1, 0.15) is 32.1 Å². The Labute approximate surface area is 141 Å². The molecule has 23 heavy (non-hydrogen) atoms. The van der Waals surface area contributed by atoms with Gasteiger partial charge in [-0.25, -0.2) is 4.79 Å². The first-order valence-corrected chi connectivity index (χ1v) is 8.66. The van der Waals surface area contributed by atoms with Gasteiger partial charge in [0.2, 0.25) is 0 Å². The number of carbonyl (C=O) groups is 1. The summed E-state index contributed by atoms with van der Waals surface area (Å²) in [4.78, 5) is 13.9. The van der Waals surface area contributed by atoms with E-state index in [0.29, 0.717) is 29.5 Å². The van der Waals surface area contributed by atoms with Crippen LogP contribution in [0.4, 0.5) is 10.5 Å². The second-order valence-corrected chi connectivity index (χ2v) is 6.79. The second-order valence-electron chi connectivity index (χ2n) is 6.38. The molecule has 1 atom stereocenters. The van der Waals surface area contributed by atoms with E-state index in [4.69, 9.17) is 21.4 Å². The fraction of sp³-hybridized carbons (Fsp3) is 0.588. The first-order chi connectivity index (χ1) is 11.2. The molecule has 1 heterocycles. The van der Waals surface area contributed by atoms with Gasteiger partial charge in [-0.1, -0.05) is 11.6 Å². The molecule has 5 nitrogen and oxygen atoms in total. The van der Waals surface area contributed by atoms with Crippen LogP contribution in [0.15, 0.2) is 18.2 Å². The molecule has 0 aromatic heterocycles. The Morgan fingerprint density at radius 2 is 2.13 bits per heavy atom. The quantitative estimate of drug-likeness (QED) is 0.883. The van der Waals surface area contributed by atoms with Crippen LogP contribution in [0.5, 0.6) is 5.75 Å². The minimum atomic E-state index is -0.151. The van der Waals surface area contributed by atoms with E-state index in [1.807, 2.05) is 12.1 Å². The number of rotatable bonds is 4. The normalized spacial score (nSPS) is 21.7. The van der Waals surface area contributed by atoms with E-state index in [9.17, 15) is 4.79 Å². The largest absolute Gasteiger partial charge is 0.489 e. The highest BCUT2D eigenvalue weighted by molar-refractivity contribution is 6.32. The van der Waals surface area contributed by atoms with Crippen molar-refractivity contribution in [2.75, 3.05) is 25.0 Å². The van der Waals surface area contributed by atoms with E-state index in [0.717, 1.165) is 19.3 Å². The molecule has 0 spiro atoms. The van der Waals surface area contributed by atoms with Crippen molar-refractivity contribution in [3.8, 4) is 5.75 Å². The van der Waals surface area contributed by atoms with Crippen molar-refractivity contribution < 1.29 is 14.6 Å². The monoisotopic (exact) mass is 338 g/mol. The van der Waals surface area contributed by atoms with Crippen LogP contribution in [0, 0.1) is 5.92 Å². The minimum Gasteiger partial charge on any atom is -0.489 e. The van der Waals surface area contributed by atoms with E-state index < -0.39 is 0 Å². The Bertz CT molecular complexity index is 561. The van der Waals surface area contributed by atoms with E-state index in [1.54, 1.807) is 11.0 Å². The molecule has 1 saturated heterocycles. The lowest BCUT2D eigenvalue weighted by molar-refractivity contribution is 0.208. The molecule has 6 heteroatoms. The van der Waals surface area contributed by atoms with E-state index in [1.165, 1.54) is 12.8 Å². The van der Waals surface area contributed by atoms with Crippen molar-refractivity contribution >= 4 is 23.3 Å². The van der Waals surface area contributed by atoms with Gasteiger partial charge in [0.15, 0.2) is 0 Å². The van der Waals surface area contributed by atoms with Crippen molar-refractivity contribution in [2.24, 2.45) is 5.92 Å². The molecule has 0 radical (unpaired) electrons. The molecule has 2 aliphatic rings. The van der Waals surface area contributed by atoms with Crippen LogP contribution in [0.2, 0.25) is 5.02 Å². The highest BCUT2D eigenvalue weighted by Gasteiger charge is 2.25. The van der Waals surface area contributed by atoms with Crippen molar-refractivity contribution in [2.45, 2.75) is 38.2 Å². The summed E-state index contributed by atoms with van der Waals surface area (Å²) in [6.45, 7) is 1.40. The average molecular weight is 339 g/mol. The van der Waals surface area contributed by atoms with Gasteiger partial charge in [-0.2, -0.15) is 0 Å². The average Bonchev–Trinajstić information content (AvgIpc) is 3.21. The van der Waals surface area contributed by atoms with Crippen molar-refractivity contribution in [1.82, 2.24) is 4.90 Å². The molecule has 1 aromatic rings. The molecule has 2 fully saturated rings. The van der Waals surface area contributed by atoms with E-state index in [2.05, 4.69) is 5.32 Å². The number of aliphatic hydroxyl groups is 1. The maximum atomic E-state index is 12.2. The molecule has 1 aliphatic carbocycles. The number of ether oxygens (including phenoxy) is 1. The smallest absolute Gasteiger partial charge is 0.321 e. The molecule has 2 N–H and O–H groups in total. The van der Waals surface area contributed by atoms with Crippen LogP contribution in [-0.4, -0.2) is 41.8 Å². The van der Waals surface area contributed by atoms with Gasteiger partial charge in [-0.15, -0.1) is 0 Å². The molecule has 3 rings (SSSR count). The number of amides is 2. The number of anilines is 1. The predicted molar refractivity (Wildman–Crippen MR) is 90.1 cm³/mol. The van der Waals surface area contributed by atoms with Crippen LogP contribution in [-0.2, 0) is 0 Å². The number of nitrogens with one attached hydrogen (secondary N) is 1. The summed E-state index contributed by atoms with van der Waals surface area (Å²) in [5, 5.41) is 12.5. The zero-order chi connectivity index (χ0) is 16.2. The molecule has 126 valence electrons. The lowest BCUT2D eigenvalue weighted by Crippen LogP contribution is -2.33. The topological polar surface area (TPSA) is 61.8 Å². The molecule has 1 aliphatic heterocycles. The minimum absolute atomic E-state index is 0.128. The van der Waals surface area contributed by atoms with Gasteiger partial charge in [0.25, 0.3) is 0 Å². The molecular weight excluding hydrogens is 316 g/mol. The number of urea groups is 1. The number of hydrogen-bond donors (Lipinski definition) is 2. The predicted octanol–water partition coefficient (Wildman–Crippen LogP) is 3.51. The fourth-order valence-corrected chi connectivity index (χ4v) is 3.45. The Hall–Kier alpha value is -1.46. The molecule has 2 amide bonds. The van der Waals surface area contributed by atoms with Crippen molar-refractivity contribution in [3.05, 3.63) is 23.2 Å². The molecule has 1 saturated carbocycles. The van der Waals surface area contributed by atoms with Gasteiger partial charge in [0.1, 0.15) is 5.75 Å². The first kappa shape index (κ1) is 16.4.